The molecule has 0 N–H and O–H groups in total. The fourth-order valence-corrected chi connectivity index (χ4v) is 4.61. The molecule has 6 nitrogen and oxygen atoms in total. The Morgan fingerprint density at radius 1 is 1.36 bits per heavy atom. The summed E-state index contributed by atoms with van der Waals surface area (Å²) in [4.78, 5) is 3.81. The lowest BCUT2D eigenvalue weighted by molar-refractivity contribution is 0.253. The summed E-state index contributed by atoms with van der Waals surface area (Å²) < 4.78 is 41.6. The third-order valence-corrected chi connectivity index (χ3v) is 6.03. The van der Waals surface area contributed by atoms with Crippen LogP contribution in [0.4, 0.5) is 4.39 Å². The van der Waals surface area contributed by atoms with Crippen molar-refractivity contribution in [2.24, 2.45) is 0 Å². The van der Waals surface area contributed by atoms with E-state index >= 15 is 0 Å². The Morgan fingerprint density at radius 2 is 2.18 bits per heavy atom. The lowest BCUT2D eigenvalue weighted by atomic mass is 10.1. The largest absolute Gasteiger partial charge is 0.249 e. The van der Waals surface area contributed by atoms with Gasteiger partial charge in [0.1, 0.15) is 23.4 Å². The molecule has 1 atom stereocenters. The van der Waals surface area contributed by atoms with E-state index in [2.05, 4.69) is 10.1 Å². The Morgan fingerprint density at radius 3 is 2.86 bits per heavy atom. The topological polar surface area (TPSA) is 68.1 Å². The first-order valence-electron chi connectivity index (χ1n) is 6.78. The Labute approximate surface area is 132 Å². The predicted octanol–water partition coefficient (Wildman–Crippen LogP) is 2.10. The summed E-state index contributed by atoms with van der Waals surface area (Å²) in [5, 5.41) is 3.96. The second-order valence-corrected chi connectivity index (χ2v) is 7.42. The number of rotatable bonds is 3. The van der Waals surface area contributed by atoms with E-state index in [1.54, 1.807) is 11.0 Å². The number of halogens is 2. The van der Waals surface area contributed by atoms with Crippen molar-refractivity contribution in [3.05, 3.63) is 41.7 Å². The lowest BCUT2D eigenvalue weighted by Gasteiger charge is -2.31. The van der Waals surface area contributed by atoms with E-state index in [9.17, 15) is 12.8 Å². The van der Waals surface area contributed by atoms with Gasteiger partial charge >= 0.3 is 0 Å². The predicted molar refractivity (Wildman–Crippen MR) is 78.5 cm³/mol. The van der Waals surface area contributed by atoms with Gasteiger partial charge in [-0.25, -0.2) is 22.5 Å². The van der Waals surface area contributed by atoms with Crippen LogP contribution in [0.2, 0.25) is 5.02 Å². The lowest BCUT2D eigenvalue weighted by Crippen LogP contribution is -2.40. The van der Waals surface area contributed by atoms with Crippen LogP contribution in [0.15, 0.2) is 35.7 Å². The third kappa shape index (κ3) is 2.86. The highest BCUT2D eigenvalue weighted by Gasteiger charge is 2.32. The normalized spacial score (nSPS) is 20.2. The average Bonchev–Trinajstić information content (AvgIpc) is 3.01. The third-order valence-electron chi connectivity index (χ3n) is 3.68. The Kier molecular flexibility index (Phi) is 4.16. The minimum atomic E-state index is -3.76. The fourth-order valence-electron chi connectivity index (χ4n) is 2.58. The fraction of sp³-hybridized carbons (Fsp3) is 0.385. The molecule has 0 bridgehead atoms. The van der Waals surface area contributed by atoms with Gasteiger partial charge in [0.2, 0.25) is 10.0 Å². The highest BCUT2D eigenvalue weighted by molar-refractivity contribution is 7.89. The van der Waals surface area contributed by atoms with Crippen molar-refractivity contribution in [1.82, 2.24) is 19.1 Å². The zero-order valence-corrected chi connectivity index (χ0v) is 13.1. The van der Waals surface area contributed by atoms with Crippen LogP contribution in [-0.2, 0) is 10.0 Å². The zero-order valence-electron chi connectivity index (χ0n) is 11.6. The smallest absolute Gasteiger partial charge is 0.244 e. The maximum atomic E-state index is 13.1. The molecule has 0 aliphatic carbocycles. The molecule has 0 spiro atoms. The SMILES string of the molecule is O=S(=O)(c1ccc(F)cc1Cl)N1CCC[C@H](n2cncn2)C1. The maximum absolute atomic E-state index is 13.1. The second-order valence-electron chi connectivity index (χ2n) is 5.11. The van der Waals surface area contributed by atoms with Gasteiger partial charge in [0.05, 0.1) is 11.1 Å². The molecule has 9 heteroatoms. The van der Waals surface area contributed by atoms with Crippen LogP contribution in [0.1, 0.15) is 18.9 Å². The number of nitrogens with zero attached hydrogens (tertiary/aromatic N) is 4. The van der Waals surface area contributed by atoms with Gasteiger partial charge in [0, 0.05) is 13.1 Å². The van der Waals surface area contributed by atoms with E-state index in [4.69, 9.17) is 11.6 Å². The maximum Gasteiger partial charge on any atom is 0.244 e. The van der Waals surface area contributed by atoms with Crippen LogP contribution in [0.3, 0.4) is 0 Å². The number of benzene rings is 1. The van der Waals surface area contributed by atoms with E-state index in [-0.39, 0.29) is 16.0 Å². The van der Waals surface area contributed by atoms with Crippen LogP contribution in [0, 0.1) is 5.82 Å². The summed E-state index contributed by atoms with van der Waals surface area (Å²) in [6, 6.07) is 3.24. The van der Waals surface area contributed by atoms with Gasteiger partial charge in [-0.15, -0.1) is 0 Å². The molecule has 1 aromatic carbocycles. The minimum Gasteiger partial charge on any atom is -0.249 e. The molecule has 1 fully saturated rings. The van der Waals surface area contributed by atoms with Gasteiger partial charge in [0.15, 0.2) is 0 Å². The Bertz CT molecular complexity index is 766. The summed E-state index contributed by atoms with van der Waals surface area (Å²) in [6.07, 6.45) is 4.53. The van der Waals surface area contributed by atoms with Crippen molar-refractivity contribution in [3.63, 3.8) is 0 Å². The summed E-state index contributed by atoms with van der Waals surface area (Å²) in [5.74, 6) is -0.567. The van der Waals surface area contributed by atoms with Crippen molar-refractivity contribution in [2.75, 3.05) is 13.1 Å². The molecule has 0 saturated carbocycles. The van der Waals surface area contributed by atoms with Crippen LogP contribution in [0.25, 0.3) is 0 Å². The number of hydrogen-bond acceptors (Lipinski definition) is 4. The van der Waals surface area contributed by atoms with Gasteiger partial charge in [-0.1, -0.05) is 11.6 Å². The monoisotopic (exact) mass is 344 g/mol. The molecule has 0 unspecified atom stereocenters. The first-order chi connectivity index (χ1) is 10.5. The van der Waals surface area contributed by atoms with Crippen molar-refractivity contribution in [3.8, 4) is 0 Å². The average molecular weight is 345 g/mol. The number of piperidine rings is 1. The molecular weight excluding hydrogens is 331 g/mol. The summed E-state index contributed by atoms with van der Waals surface area (Å²) in [5.41, 5.74) is 0. The van der Waals surface area contributed by atoms with E-state index < -0.39 is 15.8 Å². The molecule has 118 valence electrons. The molecule has 2 aromatic rings. The van der Waals surface area contributed by atoms with Crippen molar-refractivity contribution >= 4 is 21.6 Å². The van der Waals surface area contributed by atoms with Crippen LogP contribution < -0.4 is 0 Å². The molecule has 2 heterocycles. The molecular formula is C13H14ClFN4O2S. The van der Waals surface area contributed by atoms with Crippen LogP contribution in [-0.4, -0.2) is 40.6 Å². The first kappa shape index (κ1) is 15.4. The Balaban J connectivity index is 1.88. The van der Waals surface area contributed by atoms with Gasteiger partial charge in [-0.2, -0.15) is 9.40 Å². The van der Waals surface area contributed by atoms with E-state index in [1.165, 1.54) is 16.7 Å². The van der Waals surface area contributed by atoms with Crippen molar-refractivity contribution in [1.29, 1.82) is 0 Å². The van der Waals surface area contributed by atoms with Crippen LogP contribution in [0.5, 0.6) is 0 Å². The van der Waals surface area contributed by atoms with Crippen molar-refractivity contribution in [2.45, 2.75) is 23.8 Å². The highest BCUT2D eigenvalue weighted by atomic mass is 35.5. The summed E-state index contributed by atoms with van der Waals surface area (Å²) >= 11 is 5.90. The second kappa shape index (κ2) is 5.94. The highest BCUT2D eigenvalue weighted by Crippen LogP contribution is 2.29. The Hall–Kier alpha value is -1.51. The first-order valence-corrected chi connectivity index (χ1v) is 8.59. The molecule has 0 radical (unpaired) electrons. The quantitative estimate of drug-likeness (QED) is 0.855. The number of aromatic nitrogens is 3. The molecule has 1 aliphatic heterocycles. The van der Waals surface area contributed by atoms with Gasteiger partial charge in [-0.3, -0.25) is 0 Å². The minimum absolute atomic E-state index is 0.0646. The molecule has 1 saturated heterocycles. The van der Waals surface area contributed by atoms with Gasteiger partial charge in [0.25, 0.3) is 0 Å². The molecule has 0 amide bonds. The van der Waals surface area contributed by atoms with Crippen molar-refractivity contribution < 1.29 is 12.8 Å². The molecule has 1 aromatic heterocycles. The summed E-state index contributed by atoms with van der Waals surface area (Å²) in [7, 11) is -3.76. The molecule has 3 rings (SSSR count). The van der Waals surface area contributed by atoms with E-state index in [0.29, 0.717) is 19.5 Å². The standard InChI is InChI=1S/C13H14ClFN4O2S/c14-12-6-10(15)3-4-13(12)22(20,21)18-5-1-2-11(7-18)19-9-16-8-17-19/h3-4,6,8-9,11H,1-2,5,7H2/t11-/m0/s1. The molecule has 22 heavy (non-hydrogen) atoms. The number of sulfonamides is 1. The zero-order chi connectivity index (χ0) is 15.7. The van der Waals surface area contributed by atoms with E-state index in [1.807, 2.05) is 0 Å². The van der Waals surface area contributed by atoms with Crippen LogP contribution >= 0.6 is 11.6 Å². The summed E-state index contributed by atoms with van der Waals surface area (Å²) in [6.45, 7) is 0.695. The molecule has 1 aliphatic rings. The van der Waals surface area contributed by atoms with Gasteiger partial charge < -0.3 is 0 Å². The number of hydrogen-bond donors (Lipinski definition) is 0. The van der Waals surface area contributed by atoms with Gasteiger partial charge in [-0.05, 0) is 31.0 Å². The van der Waals surface area contributed by atoms with E-state index in [0.717, 1.165) is 18.6 Å².